The van der Waals surface area contributed by atoms with Crippen LogP contribution in [0.3, 0.4) is 0 Å². The number of hydrogen-bond donors (Lipinski definition) is 2. The van der Waals surface area contributed by atoms with Crippen molar-refractivity contribution in [1.82, 2.24) is 4.98 Å². The minimum atomic E-state index is 0.723. The molecule has 1 aromatic heterocycles. The van der Waals surface area contributed by atoms with E-state index in [9.17, 15) is 0 Å². The summed E-state index contributed by atoms with van der Waals surface area (Å²) in [7, 11) is 0. The highest BCUT2D eigenvalue weighted by molar-refractivity contribution is 9.11. The Balaban J connectivity index is 1.87. The zero-order valence-electron chi connectivity index (χ0n) is 10.7. The van der Waals surface area contributed by atoms with Crippen LogP contribution in [0.4, 0.5) is 5.69 Å². The van der Waals surface area contributed by atoms with Gasteiger partial charge in [-0.2, -0.15) is 0 Å². The van der Waals surface area contributed by atoms with Gasteiger partial charge in [-0.1, -0.05) is 33.6 Å². The van der Waals surface area contributed by atoms with E-state index >= 15 is 0 Å². The molecule has 0 aliphatic rings. The Labute approximate surface area is 152 Å². The van der Waals surface area contributed by atoms with Gasteiger partial charge in [0, 0.05) is 42.1 Å². The molecule has 21 heavy (non-hydrogen) atoms. The van der Waals surface area contributed by atoms with E-state index in [0.29, 0.717) is 0 Å². The summed E-state index contributed by atoms with van der Waals surface area (Å²) in [6, 6.07) is 9.92. The number of rotatable bonds is 3. The summed E-state index contributed by atoms with van der Waals surface area (Å²) in [5, 5.41) is 5.37. The highest BCUT2D eigenvalue weighted by Crippen LogP contribution is 2.35. The zero-order valence-corrected chi connectivity index (χ0v) is 16.2. The zero-order chi connectivity index (χ0) is 15.0. The first-order chi connectivity index (χ1) is 10.0. The highest BCUT2D eigenvalue weighted by Gasteiger charge is 2.09. The van der Waals surface area contributed by atoms with Gasteiger partial charge in [0.25, 0.3) is 0 Å². The molecule has 2 nitrogen and oxygen atoms in total. The first kappa shape index (κ1) is 15.4. The molecule has 0 unspecified atom stereocenters. The van der Waals surface area contributed by atoms with Gasteiger partial charge >= 0.3 is 0 Å². The van der Waals surface area contributed by atoms with Crippen molar-refractivity contribution in [2.75, 3.05) is 5.32 Å². The number of halogens is 4. The molecule has 3 aromatic rings. The Morgan fingerprint density at radius 1 is 1.05 bits per heavy atom. The molecule has 0 saturated heterocycles. The molecule has 108 valence electrons. The number of aromatic amines is 1. The Bertz CT molecular complexity index is 791. The smallest absolute Gasteiger partial charge is 0.0632 e. The topological polar surface area (TPSA) is 27.8 Å². The molecule has 0 amide bonds. The van der Waals surface area contributed by atoms with E-state index in [-0.39, 0.29) is 0 Å². The van der Waals surface area contributed by atoms with E-state index in [1.54, 1.807) is 0 Å². The molecule has 0 fully saturated rings. The lowest BCUT2D eigenvalue weighted by molar-refractivity contribution is 1.15. The van der Waals surface area contributed by atoms with E-state index in [4.69, 9.17) is 11.6 Å². The minimum absolute atomic E-state index is 0.723. The Kier molecular flexibility index (Phi) is 4.64. The van der Waals surface area contributed by atoms with Crippen LogP contribution in [0.1, 0.15) is 5.56 Å². The van der Waals surface area contributed by atoms with Gasteiger partial charge < -0.3 is 10.3 Å². The molecule has 3 rings (SSSR count). The fraction of sp³-hybridized carbons (Fsp3) is 0.0667. The normalized spacial score (nSPS) is 11.0. The van der Waals surface area contributed by atoms with Gasteiger partial charge in [-0.05, 0) is 61.7 Å². The first-order valence-electron chi connectivity index (χ1n) is 6.18. The second-order valence-corrected chi connectivity index (χ2v) is 7.66. The van der Waals surface area contributed by atoms with Gasteiger partial charge in [0.2, 0.25) is 0 Å². The molecular weight excluding hydrogens is 483 g/mol. The highest BCUT2D eigenvalue weighted by atomic mass is 79.9. The third kappa shape index (κ3) is 3.31. The average Bonchev–Trinajstić information content (AvgIpc) is 2.79. The quantitative estimate of drug-likeness (QED) is 0.417. The number of nitrogens with one attached hydrogen (secondary N) is 2. The summed E-state index contributed by atoms with van der Waals surface area (Å²) in [5.41, 5.74) is 3.28. The third-order valence-electron chi connectivity index (χ3n) is 3.19. The van der Waals surface area contributed by atoms with Gasteiger partial charge in [-0.25, -0.2) is 0 Å². The van der Waals surface area contributed by atoms with Crippen LogP contribution in [-0.2, 0) is 6.54 Å². The second-order valence-electron chi connectivity index (χ2n) is 4.60. The van der Waals surface area contributed by atoms with Crippen LogP contribution in [0.5, 0.6) is 0 Å². The van der Waals surface area contributed by atoms with E-state index in [1.807, 2.05) is 36.5 Å². The largest absolute Gasteiger partial charge is 0.379 e. The lowest BCUT2D eigenvalue weighted by atomic mass is 10.1. The molecule has 0 spiro atoms. The molecule has 6 heteroatoms. The number of H-pyrrole nitrogens is 1. The van der Waals surface area contributed by atoms with E-state index < -0.39 is 0 Å². The summed E-state index contributed by atoms with van der Waals surface area (Å²) >= 11 is 16.6. The summed E-state index contributed by atoms with van der Waals surface area (Å²) < 4.78 is 3.03. The van der Waals surface area contributed by atoms with Crippen LogP contribution in [0.15, 0.2) is 49.9 Å². The molecule has 1 heterocycles. The summed E-state index contributed by atoms with van der Waals surface area (Å²) in [4.78, 5) is 3.25. The monoisotopic (exact) mass is 490 g/mol. The van der Waals surface area contributed by atoms with Crippen molar-refractivity contribution in [2.24, 2.45) is 0 Å². The van der Waals surface area contributed by atoms with Crippen molar-refractivity contribution in [3.05, 3.63) is 60.5 Å². The third-order valence-corrected chi connectivity index (χ3v) is 5.14. The van der Waals surface area contributed by atoms with Crippen LogP contribution in [0, 0.1) is 0 Å². The second kappa shape index (κ2) is 6.32. The van der Waals surface area contributed by atoms with Crippen molar-refractivity contribution in [1.29, 1.82) is 0 Å². The number of aromatic nitrogens is 1. The number of anilines is 1. The van der Waals surface area contributed by atoms with Crippen molar-refractivity contribution >= 4 is 76.0 Å². The molecule has 0 aliphatic heterocycles. The Morgan fingerprint density at radius 2 is 1.76 bits per heavy atom. The lowest BCUT2D eigenvalue weighted by Crippen LogP contribution is -2.00. The maximum Gasteiger partial charge on any atom is 0.0632 e. The fourth-order valence-electron chi connectivity index (χ4n) is 2.20. The summed E-state index contributed by atoms with van der Waals surface area (Å²) in [5.74, 6) is 0. The van der Waals surface area contributed by atoms with Crippen LogP contribution in [0.25, 0.3) is 10.9 Å². The Morgan fingerprint density at radius 3 is 2.48 bits per heavy atom. The predicted octanol–water partition coefficient (Wildman–Crippen LogP) is 6.72. The van der Waals surface area contributed by atoms with Gasteiger partial charge in [-0.3, -0.25) is 0 Å². The SMILES string of the molecule is Clc1ccc2c(CNc3c(Br)cc(Br)cc3Br)c[nH]c2c1. The fourth-order valence-corrected chi connectivity index (χ4v) is 4.91. The van der Waals surface area contributed by atoms with Crippen molar-refractivity contribution < 1.29 is 0 Å². The number of fused-ring (bicyclic) bond motifs is 1. The molecule has 0 bridgehead atoms. The van der Waals surface area contributed by atoms with Crippen LogP contribution < -0.4 is 5.32 Å². The van der Waals surface area contributed by atoms with Crippen molar-refractivity contribution in [3.63, 3.8) is 0 Å². The minimum Gasteiger partial charge on any atom is -0.379 e. The molecule has 0 atom stereocenters. The molecule has 0 saturated carbocycles. The Hall–Kier alpha value is -0.490. The summed E-state index contributed by atoms with van der Waals surface area (Å²) in [6.07, 6.45) is 2.01. The lowest BCUT2D eigenvalue weighted by Gasteiger charge is -2.11. The van der Waals surface area contributed by atoms with E-state index in [1.165, 1.54) is 10.9 Å². The standard InChI is InChI=1S/C15H10Br3ClN2/c16-9-3-12(17)15(13(18)4-9)21-7-8-6-20-14-5-10(19)1-2-11(8)14/h1-6,20-21H,7H2. The molecule has 0 radical (unpaired) electrons. The van der Waals surface area contributed by atoms with E-state index in [2.05, 4.69) is 58.1 Å². The average molecular weight is 493 g/mol. The van der Waals surface area contributed by atoms with Crippen molar-refractivity contribution in [2.45, 2.75) is 6.54 Å². The van der Waals surface area contributed by atoms with Crippen LogP contribution in [-0.4, -0.2) is 4.98 Å². The summed E-state index contributed by atoms with van der Waals surface area (Å²) in [6.45, 7) is 0.723. The number of benzene rings is 2. The van der Waals surface area contributed by atoms with E-state index in [0.717, 1.165) is 36.2 Å². The maximum atomic E-state index is 6.00. The maximum absolute atomic E-state index is 6.00. The van der Waals surface area contributed by atoms with Gasteiger partial charge in [0.1, 0.15) is 0 Å². The van der Waals surface area contributed by atoms with Crippen molar-refractivity contribution in [3.8, 4) is 0 Å². The van der Waals surface area contributed by atoms with Crippen LogP contribution in [0.2, 0.25) is 5.02 Å². The molecule has 2 aromatic carbocycles. The molecule has 0 aliphatic carbocycles. The number of hydrogen-bond acceptors (Lipinski definition) is 1. The van der Waals surface area contributed by atoms with Crippen LogP contribution >= 0.6 is 59.4 Å². The van der Waals surface area contributed by atoms with Gasteiger partial charge in [-0.15, -0.1) is 0 Å². The molecular formula is C15H10Br3ClN2. The van der Waals surface area contributed by atoms with Gasteiger partial charge in [0.15, 0.2) is 0 Å². The predicted molar refractivity (Wildman–Crippen MR) is 100 cm³/mol. The first-order valence-corrected chi connectivity index (χ1v) is 8.94. The van der Waals surface area contributed by atoms with Gasteiger partial charge in [0.05, 0.1) is 5.69 Å². The molecule has 2 N–H and O–H groups in total.